The standard InChI is InChI=1S/C34H37N3O6/c1-6-23-9-7-8-10-28(23)30(31(39)35-24-13-19-27(42-5)20-14-24)37(25-15-16-25)32(40)29(36-33(41)43-34(2,3)4)21-22-11-17-26(38)18-12-22/h1,7-14,17-20,25,29-30,38H,15-16,21H2,2-5H3,(H,35,39)(H,36,41). The maximum atomic E-state index is 14.5. The number of hydrogen-bond acceptors (Lipinski definition) is 6. The van der Waals surface area contributed by atoms with E-state index in [1.807, 2.05) is 0 Å². The molecule has 0 aromatic heterocycles. The lowest BCUT2D eigenvalue weighted by atomic mass is 9.96. The molecule has 2 atom stereocenters. The van der Waals surface area contributed by atoms with Crippen LogP contribution < -0.4 is 15.4 Å². The first-order chi connectivity index (χ1) is 20.5. The molecule has 4 rings (SSSR count). The number of methoxy groups -OCH3 is 1. The number of nitrogens with one attached hydrogen (secondary N) is 2. The second kappa shape index (κ2) is 13.3. The van der Waals surface area contributed by atoms with Gasteiger partial charge in [0.15, 0.2) is 0 Å². The molecule has 0 radical (unpaired) electrons. The Balaban J connectivity index is 1.74. The van der Waals surface area contributed by atoms with Gasteiger partial charge in [-0.25, -0.2) is 4.79 Å². The van der Waals surface area contributed by atoms with Crippen LogP contribution >= 0.6 is 0 Å². The first-order valence-electron chi connectivity index (χ1n) is 14.1. The number of amides is 3. The zero-order valence-corrected chi connectivity index (χ0v) is 24.8. The molecule has 3 N–H and O–H groups in total. The van der Waals surface area contributed by atoms with Crippen molar-refractivity contribution >= 4 is 23.6 Å². The van der Waals surface area contributed by atoms with Crippen LogP contribution in [0.3, 0.4) is 0 Å². The van der Waals surface area contributed by atoms with Crippen LogP contribution in [0, 0.1) is 12.3 Å². The number of aromatic hydroxyl groups is 1. The molecule has 9 heteroatoms. The summed E-state index contributed by atoms with van der Waals surface area (Å²) in [7, 11) is 1.55. The van der Waals surface area contributed by atoms with Crippen LogP contribution in [-0.4, -0.2) is 52.7 Å². The number of carbonyl (C=O) groups is 3. The molecule has 1 aliphatic carbocycles. The number of terminal acetylenes is 1. The highest BCUT2D eigenvalue weighted by Crippen LogP contribution is 2.37. The normalized spacial score (nSPS) is 14.0. The smallest absolute Gasteiger partial charge is 0.408 e. The van der Waals surface area contributed by atoms with Gasteiger partial charge in [0.2, 0.25) is 5.91 Å². The van der Waals surface area contributed by atoms with Crippen molar-refractivity contribution in [1.29, 1.82) is 0 Å². The minimum Gasteiger partial charge on any atom is -0.508 e. The van der Waals surface area contributed by atoms with Gasteiger partial charge in [0.1, 0.15) is 29.2 Å². The van der Waals surface area contributed by atoms with Crippen LogP contribution in [0.1, 0.15) is 56.3 Å². The zero-order chi connectivity index (χ0) is 31.1. The lowest BCUT2D eigenvalue weighted by molar-refractivity contribution is -0.141. The number of phenolic OH excluding ortho intramolecular Hbond substituents is 1. The summed E-state index contributed by atoms with van der Waals surface area (Å²) in [6.45, 7) is 5.20. The lowest BCUT2D eigenvalue weighted by Crippen LogP contribution is -2.54. The van der Waals surface area contributed by atoms with Crippen LogP contribution in [0.2, 0.25) is 0 Å². The molecule has 3 aromatic rings. The molecule has 0 bridgehead atoms. The van der Waals surface area contributed by atoms with Crippen LogP contribution in [0.15, 0.2) is 72.8 Å². The van der Waals surface area contributed by atoms with Crippen molar-refractivity contribution in [3.63, 3.8) is 0 Å². The Hall–Kier alpha value is -4.97. The van der Waals surface area contributed by atoms with Crippen molar-refractivity contribution in [2.75, 3.05) is 12.4 Å². The van der Waals surface area contributed by atoms with Gasteiger partial charge >= 0.3 is 6.09 Å². The summed E-state index contributed by atoms with van der Waals surface area (Å²) < 4.78 is 10.7. The largest absolute Gasteiger partial charge is 0.508 e. The Labute approximate surface area is 252 Å². The Bertz CT molecular complexity index is 1480. The predicted molar refractivity (Wildman–Crippen MR) is 164 cm³/mol. The molecule has 3 amide bonds. The second-order valence-electron chi connectivity index (χ2n) is 11.4. The number of alkyl carbamates (subject to hydrolysis) is 1. The topological polar surface area (TPSA) is 117 Å². The number of anilines is 1. The van der Waals surface area contributed by atoms with Crippen molar-refractivity contribution < 1.29 is 29.0 Å². The third-order valence-electron chi connectivity index (χ3n) is 6.85. The molecule has 0 saturated heterocycles. The van der Waals surface area contributed by atoms with Crippen molar-refractivity contribution in [2.24, 2.45) is 0 Å². The molecule has 224 valence electrons. The van der Waals surface area contributed by atoms with Gasteiger partial charge in [0.05, 0.1) is 7.11 Å². The fourth-order valence-corrected chi connectivity index (χ4v) is 4.74. The van der Waals surface area contributed by atoms with Crippen LogP contribution in [0.25, 0.3) is 0 Å². The molecular formula is C34H37N3O6. The Kier molecular flexibility index (Phi) is 9.61. The molecule has 9 nitrogen and oxygen atoms in total. The number of ether oxygens (including phenoxy) is 2. The number of rotatable bonds is 10. The minimum atomic E-state index is -1.09. The fourth-order valence-electron chi connectivity index (χ4n) is 4.74. The van der Waals surface area contributed by atoms with Gasteiger partial charge in [-0.15, -0.1) is 6.42 Å². The average Bonchev–Trinajstić information content (AvgIpc) is 3.81. The third kappa shape index (κ3) is 8.29. The van der Waals surface area contributed by atoms with Crippen molar-refractivity contribution in [3.8, 4) is 23.8 Å². The third-order valence-corrected chi connectivity index (χ3v) is 6.85. The highest BCUT2D eigenvalue weighted by atomic mass is 16.6. The Morgan fingerprint density at radius 1 is 1.02 bits per heavy atom. The molecule has 2 unspecified atom stereocenters. The molecule has 0 spiro atoms. The monoisotopic (exact) mass is 583 g/mol. The van der Waals surface area contributed by atoms with E-state index in [4.69, 9.17) is 15.9 Å². The van der Waals surface area contributed by atoms with Gasteiger partial charge in [-0.1, -0.05) is 36.3 Å². The van der Waals surface area contributed by atoms with Crippen molar-refractivity contribution in [1.82, 2.24) is 10.2 Å². The van der Waals surface area contributed by atoms with E-state index in [9.17, 15) is 19.5 Å². The Morgan fingerprint density at radius 2 is 1.67 bits per heavy atom. The number of benzene rings is 3. The number of carbonyl (C=O) groups excluding carboxylic acids is 3. The lowest BCUT2D eigenvalue weighted by Gasteiger charge is -2.35. The highest BCUT2D eigenvalue weighted by Gasteiger charge is 2.44. The summed E-state index contributed by atoms with van der Waals surface area (Å²) >= 11 is 0. The highest BCUT2D eigenvalue weighted by molar-refractivity contribution is 5.99. The van der Waals surface area contributed by atoms with Crippen LogP contribution in [-0.2, 0) is 20.7 Å². The molecule has 0 heterocycles. The van der Waals surface area contributed by atoms with Crippen molar-refractivity contribution in [2.45, 2.75) is 63.8 Å². The minimum absolute atomic E-state index is 0.0764. The van der Waals surface area contributed by atoms with Gasteiger partial charge in [0.25, 0.3) is 5.91 Å². The van der Waals surface area contributed by atoms with Crippen LogP contribution in [0.5, 0.6) is 11.5 Å². The van der Waals surface area contributed by atoms with E-state index in [0.717, 1.165) is 0 Å². The van der Waals surface area contributed by atoms with E-state index < -0.39 is 35.6 Å². The molecule has 1 fully saturated rings. The average molecular weight is 584 g/mol. The quantitative estimate of drug-likeness (QED) is 0.283. The maximum Gasteiger partial charge on any atom is 0.408 e. The van der Waals surface area contributed by atoms with Gasteiger partial charge in [0, 0.05) is 23.7 Å². The summed E-state index contributed by atoms with van der Waals surface area (Å²) in [5, 5.41) is 15.4. The van der Waals surface area contributed by atoms with Gasteiger partial charge < -0.3 is 30.1 Å². The summed E-state index contributed by atoms with van der Waals surface area (Å²) in [4.78, 5) is 43.1. The summed E-state index contributed by atoms with van der Waals surface area (Å²) in [6, 6.07) is 17.9. The van der Waals surface area contributed by atoms with Gasteiger partial charge in [-0.3, -0.25) is 9.59 Å². The number of nitrogens with zero attached hydrogens (tertiary/aromatic N) is 1. The zero-order valence-electron chi connectivity index (χ0n) is 24.8. The first-order valence-corrected chi connectivity index (χ1v) is 14.1. The summed E-state index contributed by atoms with van der Waals surface area (Å²) in [5.74, 6) is 2.45. The molecule has 1 saturated carbocycles. The molecule has 0 aliphatic heterocycles. The molecule has 1 aliphatic rings. The SMILES string of the molecule is C#Cc1ccccc1C(C(=O)Nc1ccc(OC)cc1)N(C(=O)C(Cc1ccc(O)cc1)NC(=O)OC(C)(C)C)C1CC1. The van der Waals surface area contributed by atoms with Gasteiger partial charge in [-0.05, 0) is 87.2 Å². The Morgan fingerprint density at radius 3 is 2.26 bits per heavy atom. The van der Waals surface area contributed by atoms with E-state index in [1.54, 1.807) is 88.5 Å². The maximum absolute atomic E-state index is 14.5. The van der Waals surface area contributed by atoms with Crippen LogP contribution in [0.4, 0.5) is 10.5 Å². The fraction of sp³-hybridized carbons (Fsp3) is 0.324. The number of hydrogen-bond donors (Lipinski definition) is 3. The molecule has 3 aromatic carbocycles. The number of phenols is 1. The predicted octanol–water partition coefficient (Wildman–Crippen LogP) is 5.19. The van der Waals surface area contributed by atoms with E-state index in [2.05, 4.69) is 16.6 Å². The first kappa shape index (κ1) is 31.0. The van der Waals surface area contributed by atoms with E-state index in [-0.39, 0.29) is 18.2 Å². The summed E-state index contributed by atoms with van der Waals surface area (Å²) in [6.07, 6.45) is 6.57. The summed E-state index contributed by atoms with van der Waals surface area (Å²) in [5.41, 5.74) is 1.40. The van der Waals surface area contributed by atoms with Gasteiger partial charge in [-0.2, -0.15) is 0 Å². The molecular weight excluding hydrogens is 546 g/mol. The van der Waals surface area contributed by atoms with E-state index >= 15 is 0 Å². The van der Waals surface area contributed by atoms with Crippen molar-refractivity contribution in [3.05, 3.63) is 89.5 Å². The van der Waals surface area contributed by atoms with E-state index in [1.165, 1.54) is 17.0 Å². The second-order valence-corrected chi connectivity index (χ2v) is 11.4. The molecule has 43 heavy (non-hydrogen) atoms. The van der Waals surface area contributed by atoms with E-state index in [0.29, 0.717) is 41.0 Å².